The number of imide groups is 1. The second kappa shape index (κ2) is 7.50. The first-order valence-electron chi connectivity index (χ1n) is 10.1. The lowest BCUT2D eigenvalue weighted by atomic mass is 9.82. The summed E-state index contributed by atoms with van der Waals surface area (Å²) in [6.07, 6.45) is 3.00. The van der Waals surface area contributed by atoms with Crippen LogP contribution < -0.4 is 9.64 Å². The topological polar surface area (TPSA) is 63.7 Å². The molecule has 0 N–H and O–H groups in total. The maximum absolute atomic E-state index is 13.3. The second-order valence-electron chi connectivity index (χ2n) is 8.37. The predicted octanol–water partition coefficient (Wildman–Crippen LogP) is 4.84. The number of hydrogen-bond acceptors (Lipinski definition) is 4. The largest absolute Gasteiger partial charge is 0.424 e. The van der Waals surface area contributed by atoms with Gasteiger partial charge in [-0.15, -0.1) is 0 Å². The van der Waals surface area contributed by atoms with Crippen molar-refractivity contribution >= 4 is 46.7 Å². The van der Waals surface area contributed by atoms with Crippen molar-refractivity contribution in [3.63, 3.8) is 0 Å². The molecule has 158 valence electrons. The number of carbonyl (C=O) groups excluding carboxylic acids is 3. The molecule has 2 aromatic rings. The van der Waals surface area contributed by atoms with Gasteiger partial charge in [-0.1, -0.05) is 47.0 Å². The number of halogens is 2. The Morgan fingerprint density at radius 3 is 2.45 bits per heavy atom. The maximum Gasteiger partial charge on any atom is 0.315 e. The van der Waals surface area contributed by atoms with E-state index in [9.17, 15) is 14.4 Å². The van der Waals surface area contributed by atoms with Crippen molar-refractivity contribution in [3.8, 4) is 5.75 Å². The van der Waals surface area contributed by atoms with E-state index in [1.165, 1.54) is 17.7 Å². The molecular formula is C24H19Cl2NO4. The summed E-state index contributed by atoms with van der Waals surface area (Å²) in [7, 11) is 0. The molecule has 2 bridgehead atoms. The molecule has 0 spiro atoms. The van der Waals surface area contributed by atoms with Gasteiger partial charge in [-0.05, 0) is 61.1 Å². The highest BCUT2D eigenvalue weighted by atomic mass is 35.5. The van der Waals surface area contributed by atoms with Gasteiger partial charge in [0.1, 0.15) is 0 Å². The number of hydrogen-bond donors (Lipinski definition) is 0. The van der Waals surface area contributed by atoms with Crippen LogP contribution in [0.2, 0.25) is 10.0 Å². The lowest BCUT2D eigenvalue weighted by Crippen LogP contribution is -2.33. The molecule has 2 aromatic carbocycles. The Bertz CT molecular complexity index is 1140. The first-order valence-corrected chi connectivity index (χ1v) is 10.9. The molecule has 0 radical (unpaired) electrons. The zero-order valence-electron chi connectivity index (χ0n) is 16.7. The van der Waals surface area contributed by atoms with Gasteiger partial charge in [-0.25, -0.2) is 4.90 Å². The molecule has 2 aliphatic carbocycles. The van der Waals surface area contributed by atoms with E-state index in [2.05, 4.69) is 6.08 Å². The van der Waals surface area contributed by atoms with Gasteiger partial charge >= 0.3 is 5.97 Å². The van der Waals surface area contributed by atoms with Gasteiger partial charge in [-0.2, -0.15) is 0 Å². The van der Waals surface area contributed by atoms with Gasteiger partial charge in [0.25, 0.3) is 0 Å². The number of anilines is 1. The summed E-state index contributed by atoms with van der Waals surface area (Å²) in [5.41, 5.74) is 2.14. The lowest BCUT2D eigenvalue weighted by molar-refractivity contribution is -0.134. The van der Waals surface area contributed by atoms with Crippen LogP contribution in [0.15, 0.2) is 54.1 Å². The van der Waals surface area contributed by atoms with Crippen LogP contribution in [0, 0.1) is 23.7 Å². The molecule has 7 heteroatoms. The molecule has 5 rings (SSSR count). The van der Waals surface area contributed by atoms with E-state index >= 15 is 0 Å². The molecule has 1 saturated heterocycles. The van der Waals surface area contributed by atoms with Gasteiger partial charge < -0.3 is 4.74 Å². The zero-order chi connectivity index (χ0) is 21.9. The van der Waals surface area contributed by atoms with Crippen LogP contribution in [0.4, 0.5) is 5.69 Å². The third-order valence-corrected chi connectivity index (χ3v) is 7.02. The number of allylic oxidation sites excluding steroid dienone is 2. The number of nitrogens with zero attached hydrogens (tertiary/aromatic N) is 1. The number of benzene rings is 2. The number of amides is 2. The van der Waals surface area contributed by atoms with Crippen LogP contribution in [0.3, 0.4) is 0 Å². The monoisotopic (exact) mass is 455 g/mol. The van der Waals surface area contributed by atoms with Crippen molar-refractivity contribution in [1.29, 1.82) is 0 Å². The van der Waals surface area contributed by atoms with Crippen molar-refractivity contribution in [3.05, 3.63) is 69.7 Å². The van der Waals surface area contributed by atoms with Crippen LogP contribution in [-0.2, 0) is 20.8 Å². The number of ether oxygens (including phenoxy) is 1. The number of fused-ring (bicyclic) bond motifs is 5. The standard InChI is InChI=1S/C24H19Cl2NO4/c1-12-8-14-10-17(12)22-21(14)23(29)27(24(22)30)18-11-16(26)6-7-19(18)31-20(28)9-13-2-4-15(25)5-3-13/h2-8,11,14,17,21-22H,9-10H2,1H3. The minimum Gasteiger partial charge on any atom is -0.424 e. The fourth-order valence-electron chi connectivity index (χ4n) is 5.19. The highest BCUT2D eigenvalue weighted by molar-refractivity contribution is 6.32. The van der Waals surface area contributed by atoms with Gasteiger partial charge in [-0.3, -0.25) is 14.4 Å². The smallest absolute Gasteiger partial charge is 0.315 e. The first kappa shape index (κ1) is 20.3. The molecule has 0 aromatic heterocycles. The Kier molecular flexibility index (Phi) is 4.91. The molecule has 4 unspecified atom stereocenters. The molecule has 31 heavy (non-hydrogen) atoms. The zero-order valence-corrected chi connectivity index (χ0v) is 18.2. The minimum atomic E-state index is -0.511. The quantitative estimate of drug-likeness (QED) is 0.286. The lowest BCUT2D eigenvalue weighted by Gasteiger charge is -2.21. The van der Waals surface area contributed by atoms with Gasteiger partial charge in [0.15, 0.2) is 5.75 Å². The molecule has 1 saturated carbocycles. The summed E-state index contributed by atoms with van der Waals surface area (Å²) in [6, 6.07) is 11.5. The van der Waals surface area contributed by atoms with E-state index in [1.807, 2.05) is 6.92 Å². The van der Waals surface area contributed by atoms with Crippen LogP contribution in [0.5, 0.6) is 5.75 Å². The number of esters is 1. The van der Waals surface area contributed by atoms with Crippen molar-refractivity contribution in [2.24, 2.45) is 23.7 Å². The highest BCUT2D eigenvalue weighted by Gasteiger charge is 2.61. The van der Waals surface area contributed by atoms with E-state index in [1.54, 1.807) is 30.3 Å². The Labute approximate surface area is 189 Å². The molecule has 5 nitrogen and oxygen atoms in total. The van der Waals surface area contributed by atoms with Gasteiger partial charge in [0, 0.05) is 10.0 Å². The highest BCUT2D eigenvalue weighted by Crippen LogP contribution is 2.56. The van der Waals surface area contributed by atoms with Gasteiger partial charge in [0.2, 0.25) is 11.8 Å². The van der Waals surface area contributed by atoms with Crippen molar-refractivity contribution in [2.45, 2.75) is 19.8 Å². The van der Waals surface area contributed by atoms with Crippen molar-refractivity contribution < 1.29 is 19.1 Å². The van der Waals surface area contributed by atoms with Gasteiger partial charge in [0.05, 0.1) is 23.9 Å². The fourth-order valence-corrected chi connectivity index (χ4v) is 5.48. The van der Waals surface area contributed by atoms with Crippen LogP contribution in [-0.4, -0.2) is 17.8 Å². The summed E-state index contributed by atoms with van der Waals surface area (Å²) in [6.45, 7) is 2.02. The second-order valence-corrected chi connectivity index (χ2v) is 9.24. The van der Waals surface area contributed by atoms with Crippen LogP contribution >= 0.6 is 23.2 Å². The predicted molar refractivity (Wildman–Crippen MR) is 117 cm³/mol. The molecule has 2 amide bonds. The summed E-state index contributed by atoms with van der Waals surface area (Å²) in [4.78, 5) is 40.2. The average molecular weight is 456 g/mol. The molecule has 1 heterocycles. The minimum absolute atomic E-state index is 0.0274. The van der Waals surface area contributed by atoms with Crippen LogP contribution in [0.25, 0.3) is 0 Å². The number of carbonyl (C=O) groups is 3. The Morgan fingerprint density at radius 1 is 1.03 bits per heavy atom. The van der Waals surface area contributed by atoms with Crippen molar-refractivity contribution in [2.75, 3.05) is 4.90 Å². The van der Waals surface area contributed by atoms with E-state index in [0.717, 1.165) is 16.9 Å². The normalized spacial score (nSPS) is 26.3. The molecule has 3 aliphatic rings. The number of rotatable bonds is 4. The summed E-state index contributed by atoms with van der Waals surface area (Å²) >= 11 is 12.1. The summed E-state index contributed by atoms with van der Waals surface area (Å²) < 4.78 is 5.57. The average Bonchev–Trinajstić information content (AvgIpc) is 3.36. The molecule has 1 aliphatic heterocycles. The molecular weight excluding hydrogens is 437 g/mol. The van der Waals surface area contributed by atoms with E-state index < -0.39 is 5.97 Å². The third kappa shape index (κ3) is 3.36. The summed E-state index contributed by atoms with van der Waals surface area (Å²) in [5.74, 6) is -1.37. The van der Waals surface area contributed by atoms with E-state index in [4.69, 9.17) is 27.9 Å². The Morgan fingerprint density at radius 2 is 1.71 bits per heavy atom. The molecule has 4 atom stereocenters. The molecule has 2 fully saturated rings. The van der Waals surface area contributed by atoms with Crippen molar-refractivity contribution in [1.82, 2.24) is 0 Å². The van der Waals surface area contributed by atoms with Crippen LogP contribution in [0.1, 0.15) is 18.9 Å². The van der Waals surface area contributed by atoms with E-state index in [0.29, 0.717) is 10.0 Å². The van der Waals surface area contributed by atoms with E-state index in [-0.39, 0.29) is 53.3 Å². The maximum atomic E-state index is 13.3. The Balaban J connectivity index is 1.42. The Hall–Kier alpha value is -2.63. The SMILES string of the molecule is CC1=CC2CC1C1C(=O)N(c3cc(Cl)ccc3OC(=O)Cc3ccc(Cl)cc3)C(=O)C21. The summed E-state index contributed by atoms with van der Waals surface area (Å²) in [5, 5.41) is 0.926. The first-order chi connectivity index (χ1) is 14.8. The fraction of sp³-hybridized carbons (Fsp3) is 0.292. The third-order valence-electron chi connectivity index (χ3n) is 6.53.